The minimum absolute atomic E-state index is 0. The Morgan fingerprint density at radius 1 is 1.00 bits per heavy atom. The molecule has 146 valence electrons. The number of nitrogens with one attached hydrogen (secondary N) is 1. The van der Waals surface area contributed by atoms with Gasteiger partial charge in [-0.2, -0.15) is 0 Å². The first kappa shape index (κ1) is 22.8. The molecule has 0 bridgehead atoms. The smallest absolute Gasteiger partial charge is 0.238 e. The van der Waals surface area contributed by atoms with Crippen LogP contribution < -0.4 is 10.4 Å². The third-order valence-electron chi connectivity index (χ3n) is 3.92. The summed E-state index contributed by atoms with van der Waals surface area (Å²) in [4.78, 5) is 0. The quantitative estimate of drug-likeness (QED) is 0.532. The molecular weight excluding hydrogens is 397 g/mol. The molecule has 1 aromatic carbocycles. The second-order valence-electron chi connectivity index (χ2n) is 5.94. The molecule has 0 aliphatic carbocycles. The van der Waals surface area contributed by atoms with Crippen LogP contribution in [0.5, 0.6) is 5.75 Å². The molecule has 6 nitrogen and oxygen atoms in total. The van der Waals surface area contributed by atoms with Crippen molar-refractivity contribution in [3.05, 3.63) is 33.9 Å². The molecule has 1 aromatic heterocycles. The molecule has 0 radical (unpaired) electrons. The van der Waals surface area contributed by atoms with Crippen LogP contribution in [0, 0.1) is 5.41 Å². The van der Waals surface area contributed by atoms with E-state index in [0.29, 0.717) is 34.6 Å². The van der Waals surface area contributed by atoms with Gasteiger partial charge in [-0.3, -0.25) is 5.41 Å². The molecule has 26 heavy (non-hydrogen) atoms. The standard InChI is InChI=1S/C17H25Cl2N5O.ClH/c1-2-3-4-5-6-7-10-23-17(20)24(22-21-23)11-12-25-16-9-8-14(18)13-15(16)19;/h8-9,13,20H,2-7,10-12H2,1H3;1H. The van der Waals surface area contributed by atoms with Crippen LogP contribution in [-0.4, -0.2) is 26.4 Å². The lowest BCUT2D eigenvalue weighted by Gasteiger charge is -2.07. The van der Waals surface area contributed by atoms with Crippen molar-refractivity contribution >= 4 is 35.6 Å². The monoisotopic (exact) mass is 421 g/mol. The van der Waals surface area contributed by atoms with E-state index in [1.54, 1.807) is 22.9 Å². The van der Waals surface area contributed by atoms with Crippen LogP contribution in [0.1, 0.15) is 45.4 Å². The van der Waals surface area contributed by atoms with Crippen molar-refractivity contribution in [2.75, 3.05) is 6.61 Å². The zero-order valence-corrected chi connectivity index (χ0v) is 17.3. The van der Waals surface area contributed by atoms with Crippen molar-refractivity contribution in [1.29, 1.82) is 5.41 Å². The molecular formula is C17H26Cl3N5O. The Labute approximate surface area is 170 Å². The van der Waals surface area contributed by atoms with Gasteiger partial charge in [0.25, 0.3) is 0 Å². The highest BCUT2D eigenvalue weighted by Gasteiger charge is 2.06. The summed E-state index contributed by atoms with van der Waals surface area (Å²) in [5.41, 5.74) is 0.291. The number of halogens is 3. The van der Waals surface area contributed by atoms with Crippen LogP contribution >= 0.6 is 35.6 Å². The number of nitrogens with zero attached hydrogens (tertiary/aromatic N) is 4. The van der Waals surface area contributed by atoms with Crippen molar-refractivity contribution in [3.63, 3.8) is 0 Å². The summed E-state index contributed by atoms with van der Waals surface area (Å²) in [5, 5.41) is 17.2. The van der Waals surface area contributed by atoms with Gasteiger partial charge in [0.15, 0.2) is 0 Å². The highest BCUT2D eigenvalue weighted by Crippen LogP contribution is 2.27. The third kappa shape index (κ3) is 7.17. The lowest BCUT2D eigenvalue weighted by atomic mass is 10.1. The summed E-state index contributed by atoms with van der Waals surface area (Å²) in [6.45, 7) is 3.74. The molecule has 0 aliphatic heterocycles. The SMILES string of the molecule is CCCCCCCCn1nnn(CCOc2ccc(Cl)cc2Cl)c1=N.Cl. The van der Waals surface area contributed by atoms with Gasteiger partial charge in [0.2, 0.25) is 5.62 Å². The van der Waals surface area contributed by atoms with Gasteiger partial charge in [0.05, 0.1) is 11.6 Å². The van der Waals surface area contributed by atoms with E-state index in [0.717, 1.165) is 19.4 Å². The predicted octanol–water partition coefficient (Wildman–Crippen LogP) is 4.73. The summed E-state index contributed by atoms with van der Waals surface area (Å²) in [7, 11) is 0. The first-order valence-corrected chi connectivity index (χ1v) is 9.50. The first-order chi connectivity index (χ1) is 12.1. The van der Waals surface area contributed by atoms with Gasteiger partial charge in [-0.25, -0.2) is 9.36 Å². The normalized spacial score (nSPS) is 10.6. The zero-order valence-electron chi connectivity index (χ0n) is 15.0. The topological polar surface area (TPSA) is 68.7 Å². The molecule has 0 spiro atoms. The Balaban J connectivity index is 0.00000338. The third-order valence-corrected chi connectivity index (χ3v) is 4.45. The van der Waals surface area contributed by atoms with E-state index in [9.17, 15) is 0 Å². The lowest BCUT2D eigenvalue weighted by molar-refractivity contribution is 0.286. The predicted molar refractivity (Wildman–Crippen MR) is 106 cm³/mol. The van der Waals surface area contributed by atoms with E-state index < -0.39 is 0 Å². The van der Waals surface area contributed by atoms with Crippen molar-refractivity contribution in [3.8, 4) is 5.75 Å². The Hall–Kier alpha value is -1.24. The van der Waals surface area contributed by atoms with Crippen molar-refractivity contribution < 1.29 is 4.74 Å². The molecule has 0 saturated carbocycles. The minimum atomic E-state index is 0. The van der Waals surface area contributed by atoms with Crippen molar-refractivity contribution in [2.24, 2.45) is 0 Å². The van der Waals surface area contributed by atoms with Crippen molar-refractivity contribution in [2.45, 2.75) is 58.5 Å². The van der Waals surface area contributed by atoms with Crippen LogP contribution in [0.15, 0.2) is 18.2 Å². The van der Waals surface area contributed by atoms with Gasteiger partial charge < -0.3 is 4.74 Å². The molecule has 0 unspecified atom stereocenters. The highest BCUT2D eigenvalue weighted by molar-refractivity contribution is 6.35. The number of rotatable bonds is 11. The number of tetrazole rings is 1. The lowest BCUT2D eigenvalue weighted by Crippen LogP contribution is -2.27. The average molecular weight is 423 g/mol. The van der Waals surface area contributed by atoms with Gasteiger partial charge in [-0.05, 0) is 35.0 Å². The minimum Gasteiger partial charge on any atom is -0.490 e. The fraction of sp³-hybridized carbons (Fsp3) is 0.588. The van der Waals surface area contributed by atoms with Crippen LogP contribution in [0.3, 0.4) is 0 Å². The van der Waals surface area contributed by atoms with Gasteiger partial charge in [-0.1, -0.05) is 62.2 Å². The number of hydrogen-bond donors (Lipinski definition) is 1. The summed E-state index contributed by atoms with van der Waals surface area (Å²) in [6.07, 6.45) is 7.26. The highest BCUT2D eigenvalue weighted by atomic mass is 35.5. The summed E-state index contributed by atoms with van der Waals surface area (Å²) < 4.78 is 8.79. The maximum absolute atomic E-state index is 8.13. The largest absolute Gasteiger partial charge is 0.490 e. The zero-order chi connectivity index (χ0) is 18.1. The van der Waals surface area contributed by atoms with Gasteiger partial charge in [0, 0.05) is 11.6 Å². The van der Waals surface area contributed by atoms with Crippen LogP contribution in [0.25, 0.3) is 0 Å². The van der Waals surface area contributed by atoms with Crippen LogP contribution in [0.4, 0.5) is 0 Å². The van der Waals surface area contributed by atoms with E-state index in [-0.39, 0.29) is 12.4 Å². The van der Waals surface area contributed by atoms with E-state index in [2.05, 4.69) is 17.4 Å². The summed E-state index contributed by atoms with van der Waals surface area (Å²) >= 11 is 11.9. The van der Waals surface area contributed by atoms with Gasteiger partial charge in [-0.15, -0.1) is 12.4 Å². The van der Waals surface area contributed by atoms with Gasteiger partial charge >= 0.3 is 0 Å². The molecule has 0 atom stereocenters. The number of hydrogen-bond acceptors (Lipinski definition) is 4. The van der Waals surface area contributed by atoms with Crippen LogP contribution in [-0.2, 0) is 13.1 Å². The fourth-order valence-corrected chi connectivity index (χ4v) is 2.96. The fourth-order valence-electron chi connectivity index (χ4n) is 2.49. The Bertz CT molecular complexity index is 717. The molecule has 2 aromatic rings. The number of aromatic nitrogens is 4. The molecule has 9 heteroatoms. The Morgan fingerprint density at radius 3 is 2.35 bits per heavy atom. The molecule has 0 amide bonds. The van der Waals surface area contributed by atoms with E-state index in [1.165, 1.54) is 30.4 Å². The number of aryl methyl sites for hydroxylation is 1. The maximum atomic E-state index is 8.13. The molecule has 0 fully saturated rings. The average Bonchev–Trinajstić information content (AvgIpc) is 2.93. The van der Waals surface area contributed by atoms with E-state index in [1.807, 2.05) is 0 Å². The second-order valence-corrected chi connectivity index (χ2v) is 6.78. The first-order valence-electron chi connectivity index (χ1n) is 8.75. The van der Waals surface area contributed by atoms with Crippen molar-refractivity contribution in [1.82, 2.24) is 19.8 Å². The summed E-state index contributed by atoms with van der Waals surface area (Å²) in [6, 6.07) is 5.09. The maximum Gasteiger partial charge on any atom is 0.238 e. The van der Waals surface area contributed by atoms with Gasteiger partial charge in [0.1, 0.15) is 12.4 Å². The molecule has 1 heterocycles. The summed E-state index contributed by atoms with van der Waals surface area (Å²) in [5.74, 6) is 0.567. The van der Waals surface area contributed by atoms with E-state index in [4.69, 9.17) is 33.3 Å². The van der Waals surface area contributed by atoms with Crippen LogP contribution in [0.2, 0.25) is 10.0 Å². The number of ether oxygens (including phenoxy) is 1. The molecule has 2 rings (SSSR count). The van der Waals surface area contributed by atoms with E-state index >= 15 is 0 Å². The number of benzene rings is 1. The number of unbranched alkanes of at least 4 members (excludes halogenated alkanes) is 5. The Morgan fingerprint density at radius 2 is 1.65 bits per heavy atom. The second kappa shape index (κ2) is 12.2. The molecule has 0 aliphatic rings. The molecule has 1 N–H and O–H groups in total. The Kier molecular flexibility index (Phi) is 10.7. The molecule has 0 saturated heterocycles.